The molecule has 0 saturated carbocycles. The molecule has 2 heterocycles. The maximum atomic E-state index is 16.6. The molecule has 6 aromatic carbocycles. The number of hydrogen-bond donors (Lipinski definition) is 1. The second-order valence-corrected chi connectivity index (χ2v) is 16.5. The third-order valence-corrected chi connectivity index (χ3v) is 12.4. The highest BCUT2D eigenvalue weighted by Gasteiger charge is 2.69. The number of carbonyl (C=O) groups excluding carboxylic acids is 2. The van der Waals surface area contributed by atoms with Crippen molar-refractivity contribution in [1.29, 1.82) is 0 Å². The number of carbonyl (C=O) groups is 2. The van der Waals surface area contributed by atoms with E-state index in [9.17, 15) is 0 Å². The lowest BCUT2D eigenvalue weighted by Crippen LogP contribution is -2.70. The van der Waals surface area contributed by atoms with Gasteiger partial charge in [0.2, 0.25) is 5.95 Å². The van der Waals surface area contributed by atoms with Gasteiger partial charge in [0.25, 0.3) is 11.8 Å². The van der Waals surface area contributed by atoms with Gasteiger partial charge in [-0.15, -0.1) is 0 Å². The highest BCUT2D eigenvalue weighted by Crippen LogP contribution is 2.64. The van der Waals surface area contributed by atoms with E-state index in [1.807, 2.05) is 91.0 Å². The number of halogens is 4. The molecular formula is C48H31Cl4N5O2S. The Morgan fingerprint density at radius 3 is 1.45 bits per heavy atom. The summed E-state index contributed by atoms with van der Waals surface area (Å²) in [5, 5.41) is 1.98. The van der Waals surface area contributed by atoms with Gasteiger partial charge in [-0.2, -0.15) is 0 Å². The first-order valence-electron chi connectivity index (χ1n) is 18.8. The van der Waals surface area contributed by atoms with Crippen LogP contribution in [-0.4, -0.2) is 26.9 Å². The molecule has 9 rings (SSSR count). The zero-order valence-corrected chi connectivity index (χ0v) is 35.2. The number of thiocarbonyl (C=S) groups is 1. The van der Waals surface area contributed by atoms with Crippen LogP contribution in [-0.2, 0) is 9.59 Å². The van der Waals surface area contributed by atoms with Crippen molar-refractivity contribution in [3.63, 3.8) is 0 Å². The summed E-state index contributed by atoms with van der Waals surface area (Å²) in [6.45, 7) is 0. The van der Waals surface area contributed by atoms with E-state index in [4.69, 9.17) is 74.3 Å². The molecule has 0 radical (unpaired) electrons. The van der Waals surface area contributed by atoms with E-state index in [2.05, 4.69) is 0 Å². The number of nitrogens with zero attached hydrogens (tertiary/aromatic N) is 4. The van der Waals surface area contributed by atoms with E-state index in [1.54, 1.807) is 72.8 Å². The summed E-state index contributed by atoms with van der Waals surface area (Å²) in [4.78, 5) is 46.1. The van der Waals surface area contributed by atoms with Crippen LogP contribution in [0.1, 0.15) is 39.8 Å². The minimum atomic E-state index is -2.05. The largest absolute Gasteiger partial charge is 0.368 e. The molecule has 0 bridgehead atoms. The van der Waals surface area contributed by atoms with E-state index in [1.165, 1.54) is 9.80 Å². The Morgan fingerprint density at radius 1 is 0.550 bits per heavy atom. The van der Waals surface area contributed by atoms with E-state index >= 15 is 9.59 Å². The van der Waals surface area contributed by atoms with Gasteiger partial charge in [0.05, 0.1) is 22.8 Å². The topological polar surface area (TPSA) is 92.4 Å². The van der Waals surface area contributed by atoms with Gasteiger partial charge in [0.1, 0.15) is 0 Å². The van der Waals surface area contributed by atoms with Gasteiger partial charge >= 0.3 is 0 Å². The van der Waals surface area contributed by atoms with Crippen LogP contribution in [0.4, 0.5) is 17.3 Å². The molecule has 7 nitrogen and oxygen atoms in total. The quantitative estimate of drug-likeness (QED) is 0.132. The van der Waals surface area contributed by atoms with Gasteiger partial charge in [-0.25, -0.2) is 9.97 Å². The summed E-state index contributed by atoms with van der Waals surface area (Å²) in [6.07, 6.45) is 1.93. The Morgan fingerprint density at radius 2 is 0.967 bits per heavy atom. The molecule has 2 atom stereocenters. The number of hydrogen-bond acceptors (Lipinski definition) is 6. The van der Waals surface area contributed by atoms with Crippen molar-refractivity contribution in [3.8, 4) is 11.3 Å². The van der Waals surface area contributed by atoms with Crippen molar-refractivity contribution in [2.24, 2.45) is 5.41 Å². The number of benzene rings is 6. The average molecular weight is 884 g/mol. The number of nitrogens with two attached hydrogens (primary N) is 1. The Kier molecular flexibility index (Phi) is 10.5. The average Bonchev–Trinajstić information content (AvgIpc) is 3.25. The molecule has 60 heavy (non-hydrogen) atoms. The van der Waals surface area contributed by atoms with E-state index < -0.39 is 29.1 Å². The van der Waals surface area contributed by atoms with Crippen molar-refractivity contribution >= 4 is 105 Å². The van der Waals surface area contributed by atoms with Gasteiger partial charge in [0, 0.05) is 43.1 Å². The summed E-state index contributed by atoms with van der Waals surface area (Å²) in [6, 6.07) is 47.0. The number of allylic oxidation sites excluding steroid dienone is 1. The number of anilines is 3. The normalized spacial score (nSPS) is 17.9. The number of para-hydroxylation sites is 2. The molecule has 7 aromatic rings. The fraction of sp³-hybridized carbons (Fsp3) is 0.0625. The van der Waals surface area contributed by atoms with Gasteiger partial charge in [0.15, 0.2) is 10.5 Å². The van der Waals surface area contributed by atoms with Crippen LogP contribution in [0.15, 0.2) is 158 Å². The summed E-state index contributed by atoms with van der Waals surface area (Å²) in [5.41, 5.74) is 10.0. The molecular weight excluding hydrogens is 852 g/mol. The Labute approximate surface area is 371 Å². The molecule has 1 fully saturated rings. The minimum Gasteiger partial charge on any atom is -0.368 e. The number of rotatable bonds is 6. The third-order valence-electron chi connectivity index (χ3n) is 11.0. The van der Waals surface area contributed by atoms with Crippen molar-refractivity contribution in [1.82, 2.24) is 9.97 Å². The standard InChI is InChI=1S/C48H31Cl4N5O2S/c49-32-19-11-28(12-20-32)27-38-40(29-13-21-33(50)22-14-29)48(44(58)56(36-7-3-1-4-8-36)47(60)57(45(48)59)37-9-5-2-6-10-37)41(30-15-23-34(51)24-16-30)39-42(54-46(53)55-43(38)39)31-17-25-35(52)26-18-31/h1-27,40-41H,(H2,53,54,55)/b38-27-. The summed E-state index contributed by atoms with van der Waals surface area (Å²) in [5.74, 6) is -3.25. The lowest BCUT2D eigenvalue weighted by molar-refractivity contribution is -0.142. The lowest BCUT2D eigenvalue weighted by atomic mass is 9.51. The van der Waals surface area contributed by atoms with Crippen LogP contribution >= 0.6 is 58.6 Å². The predicted octanol–water partition coefficient (Wildman–Crippen LogP) is 12.2. The van der Waals surface area contributed by atoms with Crippen molar-refractivity contribution in [2.45, 2.75) is 11.8 Å². The molecule has 2 amide bonds. The Hall–Kier alpha value is -5.87. The molecule has 1 saturated heterocycles. The van der Waals surface area contributed by atoms with E-state index in [0.717, 1.165) is 5.56 Å². The smallest absolute Gasteiger partial charge is 0.251 e. The van der Waals surface area contributed by atoms with Crippen LogP contribution < -0.4 is 15.5 Å². The second-order valence-electron chi connectivity index (χ2n) is 14.4. The molecule has 294 valence electrons. The van der Waals surface area contributed by atoms with E-state index in [-0.39, 0.29) is 11.1 Å². The molecule has 1 aromatic heterocycles. The van der Waals surface area contributed by atoms with Crippen LogP contribution in [0.25, 0.3) is 22.9 Å². The van der Waals surface area contributed by atoms with Gasteiger partial charge in [-0.1, -0.05) is 131 Å². The zero-order valence-electron chi connectivity index (χ0n) is 31.3. The highest BCUT2D eigenvalue weighted by molar-refractivity contribution is 7.81. The van der Waals surface area contributed by atoms with Crippen LogP contribution in [0.2, 0.25) is 20.1 Å². The van der Waals surface area contributed by atoms with Gasteiger partial charge in [-0.05, 0) is 113 Å². The van der Waals surface area contributed by atoms with E-state index in [0.29, 0.717) is 70.7 Å². The Balaban J connectivity index is 1.51. The SMILES string of the molecule is Nc1nc2c(c(-c3ccc(Cl)cc3)n1)C(c1ccc(Cl)cc1)C1(C(=O)N(c3ccccc3)C(=S)N(c3ccccc3)C1=O)C(c1ccc(Cl)cc1)/C2=C/c1ccc(Cl)cc1. The third kappa shape index (κ3) is 6.75. The summed E-state index contributed by atoms with van der Waals surface area (Å²) >= 11 is 32.2. The van der Waals surface area contributed by atoms with Crippen molar-refractivity contribution < 1.29 is 9.59 Å². The molecule has 2 unspecified atom stereocenters. The Bertz CT molecular complexity index is 2760. The molecule has 1 aliphatic carbocycles. The van der Waals surface area contributed by atoms with Crippen molar-refractivity contribution in [2.75, 3.05) is 15.5 Å². The zero-order chi connectivity index (χ0) is 41.7. The summed E-state index contributed by atoms with van der Waals surface area (Å²) in [7, 11) is 0. The molecule has 1 spiro atoms. The first-order chi connectivity index (χ1) is 29.1. The molecule has 12 heteroatoms. The number of aromatic nitrogens is 2. The maximum Gasteiger partial charge on any atom is 0.251 e. The highest BCUT2D eigenvalue weighted by atomic mass is 35.5. The van der Waals surface area contributed by atoms with Gasteiger partial charge in [-0.3, -0.25) is 19.4 Å². The lowest BCUT2D eigenvalue weighted by Gasteiger charge is -2.55. The van der Waals surface area contributed by atoms with Gasteiger partial charge < -0.3 is 5.73 Å². The predicted molar refractivity (Wildman–Crippen MR) is 247 cm³/mol. The number of fused-ring (bicyclic) bond motifs is 1. The fourth-order valence-electron chi connectivity index (χ4n) is 8.50. The number of nitrogen functional groups attached to an aromatic ring is 1. The molecule has 1 aliphatic heterocycles. The molecule has 2 N–H and O–H groups in total. The second kappa shape index (κ2) is 16.0. The monoisotopic (exact) mass is 881 g/mol. The van der Waals surface area contributed by atoms with Crippen LogP contribution in [0.3, 0.4) is 0 Å². The van der Waals surface area contributed by atoms with Crippen LogP contribution in [0.5, 0.6) is 0 Å². The van der Waals surface area contributed by atoms with Crippen LogP contribution in [0, 0.1) is 5.41 Å². The first-order valence-corrected chi connectivity index (χ1v) is 20.7. The van der Waals surface area contributed by atoms with Crippen molar-refractivity contribution in [3.05, 3.63) is 206 Å². The first kappa shape index (κ1) is 39.6. The minimum absolute atomic E-state index is 0.00162. The summed E-state index contributed by atoms with van der Waals surface area (Å²) < 4.78 is 0. The molecule has 2 aliphatic rings. The maximum absolute atomic E-state index is 16.6. The number of amides is 2. The fourth-order valence-corrected chi connectivity index (χ4v) is 9.38.